The van der Waals surface area contributed by atoms with E-state index in [1.165, 1.54) is 4.90 Å². The minimum Gasteiger partial charge on any atom is -0.339 e. The van der Waals surface area contributed by atoms with Crippen LogP contribution in [-0.4, -0.2) is 78.9 Å². The molecule has 0 aromatic rings. The molecule has 0 spiro atoms. The highest BCUT2D eigenvalue weighted by molar-refractivity contribution is 6.15. The molecule has 0 saturated carbocycles. The summed E-state index contributed by atoms with van der Waals surface area (Å²) in [4.78, 5) is 44.7. The molecule has 2 rings (SSSR count). The predicted molar refractivity (Wildman–Crippen MR) is 87.4 cm³/mol. The Morgan fingerprint density at radius 2 is 2.09 bits per heavy atom. The smallest absolute Gasteiger partial charge is 0.248 e. The number of rotatable bonds is 4. The van der Waals surface area contributed by atoms with Gasteiger partial charge in [0.25, 0.3) is 0 Å². The SMILES string of the molecule is CNCC(=O)N(C)C(C)(C)C(=O)N1CCC2=NCC(=O)C2(C)C1. The van der Waals surface area contributed by atoms with Gasteiger partial charge in [0.2, 0.25) is 11.8 Å². The summed E-state index contributed by atoms with van der Waals surface area (Å²) in [5, 5.41) is 2.80. The Balaban J connectivity index is 2.15. The van der Waals surface area contributed by atoms with Crippen LogP contribution in [0, 0.1) is 5.41 Å². The Bertz CT molecular complexity index is 570. The summed E-state index contributed by atoms with van der Waals surface area (Å²) in [6.45, 7) is 6.64. The second-order valence-corrected chi connectivity index (χ2v) is 7.04. The van der Waals surface area contributed by atoms with Gasteiger partial charge in [0.05, 0.1) is 18.5 Å². The number of nitrogens with one attached hydrogen (secondary N) is 1. The van der Waals surface area contributed by atoms with E-state index in [0.29, 0.717) is 19.5 Å². The largest absolute Gasteiger partial charge is 0.339 e. The van der Waals surface area contributed by atoms with Gasteiger partial charge in [0.1, 0.15) is 5.54 Å². The molecule has 0 aromatic heterocycles. The molecule has 1 N–H and O–H groups in total. The maximum absolute atomic E-state index is 13.0. The molecule has 1 unspecified atom stereocenters. The van der Waals surface area contributed by atoms with E-state index in [9.17, 15) is 14.4 Å². The average Bonchev–Trinajstić information content (AvgIpc) is 2.80. The van der Waals surface area contributed by atoms with Gasteiger partial charge in [0.15, 0.2) is 5.78 Å². The van der Waals surface area contributed by atoms with Gasteiger partial charge >= 0.3 is 0 Å². The summed E-state index contributed by atoms with van der Waals surface area (Å²) >= 11 is 0. The minimum absolute atomic E-state index is 0.0717. The number of Topliss-reactive ketones (excluding diaryl/α,β-unsaturated/α-hetero) is 1. The number of likely N-dealkylation sites (tertiary alicyclic amines) is 1. The van der Waals surface area contributed by atoms with Crippen molar-refractivity contribution < 1.29 is 14.4 Å². The van der Waals surface area contributed by atoms with E-state index in [1.807, 2.05) is 6.92 Å². The Morgan fingerprint density at radius 1 is 1.43 bits per heavy atom. The van der Waals surface area contributed by atoms with Gasteiger partial charge in [-0.1, -0.05) is 0 Å². The van der Waals surface area contributed by atoms with Crippen molar-refractivity contribution >= 4 is 23.3 Å². The summed E-state index contributed by atoms with van der Waals surface area (Å²) in [7, 11) is 3.33. The quantitative estimate of drug-likeness (QED) is 0.771. The van der Waals surface area contributed by atoms with Crippen LogP contribution in [0.25, 0.3) is 0 Å². The maximum Gasteiger partial charge on any atom is 0.248 e. The normalized spacial score (nSPS) is 24.3. The third-order valence-electron chi connectivity index (χ3n) is 5.14. The van der Waals surface area contributed by atoms with Gasteiger partial charge in [-0.15, -0.1) is 0 Å². The highest BCUT2D eigenvalue weighted by Gasteiger charge is 2.49. The number of aliphatic imine (C=N–C) groups is 1. The van der Waals surface area contributed by atoms with Crippen LogP contribution in [0.5, 0.6) is 0 Å². The molecule has 7 nitrogen and oxygen atoms in total. The molecule has 2 heterocycles. The second kappa shape index (κ2) is 6.03. The van der Waals surface area contributed by atoms with Gasteiger partial charge in [-0.2, -0.15) is 0 Å². The summed E-state index contributed by atoms with van der Waals surface area (Å²) in [5.74, 6) is -0.208. The molecular formula is C16H26N4O3. The van der Waals surface area contributed by atoms with Gasteiger partial charge in [-0.3, -0.25) is 19.4 Å². The monoisotopic (exact) mass is 322 g/mol. The first kappa shape index (κ1) is 17.6. The molecule has 1 fully saturated rings. The molecule has 2 aliphatic heterocycles. The maximum atomic E-state index is 13.0. The number of carbonyl (C=O) groups is 3. The van der Waals surface area contributed by atoms with E-state index in [-0.39, 0.29) is 30.7 Å². The molecule has 128 valence electrons. The molecule has 23 heavy (non-hydrogen) atoms. The van der Waals surface area contributed by atoms with Crippen molar-refractivity contribution in [1.29, 1.82) is 0 Å². The summed E-state index contributed by atoms with van der Waals surface area (Å²) in [6, 6.07) is 0. The van der Waals surface area contributed by atoms with Crippen molar-refractivity contribution in [1.82, 2.24) is 15.1 Å². The lowest BCUT2D eigenvalue weighted by Gasteiger charge is -2.43. The van der Waals surface area contributed by atoms with Crippen LogP contribution in [0.2, 0.25) is 0 Å². The van der Waals surface area contributed by atoms with Gasteiger partial charge in [-0.25, -0.2) is 0 Å². The molecule has 7 heteroatoms. The summed E-state index contributed by atoms with van der Waals surface area (Å²) < 4.78 is 0. The van der Waals surface area contributed by atoms with Crippen LogP contribution in [0.1, 0.15) is 27.2 Å². The fourth-order valence-corrected chi connectivity index (χ4v) is 3.20. The molecule has 0 bridgehead atoms. The fraction of sp³-hybridized carbons (Fsp3) is 0.750. The molecule has 0 aromatic carbocycles. The first-order valence-corrected chi connectivity index (χ1v) is 7.92. The van der Waals surface area contributed by atoms with Crippen molar-refractivity contribution in [3.05, 3.63) is 0 Å². The number of amides is 2. The zero-order chi connectivity index (χ0) is 17.4. The lowest BCUT2D eigenvalue weighted by Crippen LogP contribution is -2.61. The van der Waals surface area contributed by atoms with E-state index in [1.54, 1.807) is 32.8 Å². The van der Waals surface area contributed by atoms with Crippen LogP contribution in [-0.2, 0) is 14.4 Å². The third kappa shape index (κ3) is 2.89. The van der Waals surface area contributed by atoms with Crippen LogP contribution in [0.3, 0.4) is 0 Å². The lowest BCUT2D eigenvalue weighted by atomic mass is 9.78. The number of nitrogens with zero attached hydrogens (tertiary/aromatic N) is 3. The third-order valence-corrected chi connectivity index (χ3v) is 5.14. The number of hydrogen-bond donors (Lipinski definition) is 1. The highest BCUT2D eigenvalue weighted by Crippen LogP contribution is 2.34. The Morgan fingerprint density at radius 3 is 2.70 bits per heavy atom. The standard InChI is InChI=1S/C16H26N4O3/c1-15(2,19(5)13(22)9-17-4)14(23)20-7-6-11-16(3,10-20)12(21)8-18-11/h17H,6-10H2,1-5H3. The molecule has 0 aliphatic carbocycles. The summed E-state index contributed by atoms with van der Waals surface area (Å²) in [5.41, 5.74) is -0.707. The average molecular weight is 322 g/mol. The zero-order valence-corrected chi connectivity index (χ0v) is 14.6. The van der Waals surface area contributed by atoms with Gasteiger partial charge in [-0.05, 0) is 27.8 Å². The molecule has 0 radical (unpaired) electrons. The number of fused-ring (bicyclic) bond motifs is 1. The molecule has 1 saturated heterocycles. The van der Waals surface area contributed by atoms with E-state index in [2.05, 4.69) is 10.3 Å². The minimum atomic E-state index is -0.958. The van der Waals surface area contributed by atoms with Crippen LogP contribution in [0.4, 0.5) is 0 Å². The second-order valence-electron chi connectivity index (χ2n) is 7.04. The predicted octanol–water partition coefficient (Wildman–Crippen LogP) is -0.295. The van der Waals surface area contributed by atoms with Crippen molar-refractivity contribution in [3.8, 4) is 0 Å². The number of hydrogen-bond acceptors (Lipinski definition) is 5. The van der Waals surface area contributed by atoms with Crippen molar-refractivity contribution in [2.24, 2.45) is 10.4 Å². The van der Waals surface area contributed by atoms with Gasteiger partial charge in [0, 0.05) is 32.3 Å². The number of carbonyl (C=O) groups excluding carboxylic acids is 3. The number of likely N-dealkylation sites (N-methyl/N-ethyl adjacent to an activating group) is 2. The Labute approximate surface area is 137 Å². The first-order valence-electron chi connectivity index (χ1n) is 7.92. The Kier molecular flexibility index (Phi) is 4.61. The lowest BCUT2D eigenvalue weighted by molar-refractivity contribution is -0.151. The Hall–Kier alpha value is -1.76. The van der Waals surface area contributed by atoms with Crippen LogP contribution in [0.15, 0.2) is 4.99 Å². The number of piperidine rings is 1. The van der Waals surface area contributed by atoms with Crippen molar-refractivity contribution in [2.45, 2.75) is 32.7 Å². The van der Waals surface area contributed by atoms with Crippen molar-refractivity contribution in [3.63, 3.8) is 0 Å². The van der Waals surface area contributed by atoms with Gasteiger partial charge < -0.3 is 15.1 Å². The van der Waals surface area contributed by atoms with Crippen LogP contribution < -0.4 is 5.32 Å². The van der Waals surface area contributed by atoms with Crippen LogP contribution >= 0.6 is 0 Å². The van der Waals surface area contributed by atoms with E-state index >= 15 is 0 Å². The molecule has 1 atom stereocenters. The zero-order valence-electron chi connectivity index (χ0n) is 14.6. The van der Waals surface area contributed by atoms with E-state index in [0.717, 1.165) is 5.71 Å². The molecule has 2 aliphatic rings. The number of ketones is 1. The van der Waals surface area contributed by atoms with Crippen molar-refractivity contribution in [2.75, 3.05) is 40.3 Å². The molecular weight excluding hydrogens is 296 g/mol. The summed E-state index contributed by atoms with van der Waals surface area (Å²) in [6.07, 6.45) is 0.623. The van der Waals surface area contributed by atoms with E-state index < -0.39 is 11.0 Å². The highest BCUT2D eigenvalue weighted by atomic mass is 16.2. The fourth-order valence-electron chi connectivity index (χ4n) is 3.20. The first-order chi connectivity index (χ1) is 10.6. The topological polar surface area (TPSA) is 82.1 Å². The van der Waals surface area contributed by atoms with E-state index in [4.69, 9.17) is 0 Å². The molecule has 2 amide bonds.